The average molecular weight is 406 g/mol. The number of nitrogens with zero attached hydrogens (tertiary/aromatic N) is 1. The quantitative estimate of drug-likeness (QED) is 0.756. The van der Waals surface area contributed by atoms with Crippen LogP contribution in [0.2, 0.25) is 0 Å². The standard InChI is InChI=1S/C19H20BrNO2S/c1-14-7-8-17(11-15(14)2)21(18-9-10-24(22,23)13-18)12-16-5-3-4-6-19(16)20/h3-11,18H,12-13H2,1-2H3/t18-/m1/s1. The lowest BCUT2D eigenvalue weighted by molar-refractivity contribution is 0.601. The molecule has 0 radical (unpaired) electrons. The number of aryl methyl sites for hydroxylation is 2. The molecule has 1 aliphatic rings. The van der Waals surface area contributed by atoms with E-state index in [1.54, 1.807) is 6.08 Å². The number of sulfone groups is 1. The van der Waals surface area contributed by atoms with Crippen LogP contribution in [0.4, 0.5) is 5.69 Å². The van der Waals surface area contributed by atoms with E-state index in [4.69, 9.17) is 0 Å². The van der Waals surface area contributed by atoms with Crippen molar-refractivity contribution >= 4 is 31.5 Å². The average Bonchev–Trinajstić information content (AvgIpc) is 2.89. The Morgan fingerprint density at radius 1 is 1.12 bits per heavy atom. The van der Waals surface area contributed by atoms with Gasteiger partial charge in [0, 0.05) is 22.1 Å². The van der Waals surface area contributed by atoms with Gasteiger partial charge in [-0.05, 0) is 54.8 Å². The zero-order valence-electron chi connectivity index (χ0n) is 13.7. The second-order valence-electron chi connectivity index (χ2n) is 6.21. The van der Waals surface area contributed by atoms with Crippen molar-refractivity contribution in [3.8, 4) is 0 Å². The van der Waals surface area contributed by atoms with Gasteiger partial charge in [0.25, 0.3) is 0 Å². The van der Waals surface area contributed by atoms with Crippen molar-refractivity contribution in [3.63, 3.8) is 0 Å². The summed E-state index contributed by atoms with van der Waals surface area (Å²) in [7, 11) is -3.10. The predicted octanol–water partition coefficient (Wildman–Crippen LogP) is 4.38. The van der Waals surface area contributed by atoms with Gasteiger partial charge in [0.2, 0.25) is 0 Å². The van der Waals surface area contributed by atoms with Gasteiger partial charge in [-0.3, -0.25) is 0 Å². The Morgan fingerprint density at radius 2 is 1.88 bits per heavy atom. The monoisotopic (exact) mass is 405 g/mol. The molecular weight excluding hydrogens is 386 g/mol. The van der Waals surface area contributed by atoms with Crippen LogP contribution < -0.4 is 4.90 Å². The Morgan fingerprint density at radius 3 is 2.50 bits per heavy atom. The largest absolute Gasteiger partial charge is 0.360 e. The van der Waals surface area contributed by atoms with Crippen molar-refractivity contribution in [2.45, 2.75) is 26.4 Å². The summed E-state index contributed by atoms with van der Waals surface area (Å²) in [6, 6.07) is 14.2. The SMILES string of the molecule is Cc1ccc(N(Cc2ccccc2Br)[C@@H]2C=CS(=O)(=O)C2)cc1C. The Hall–Kier alpha value is -1.59. The van der Waals surface area contributed by atoms with Gasteiger partial charge in [0.1, 0.15) is 0 Å². The van der Waals surface area contributed by atoms with Crippen molar-refractivity contribution in [2.75, 3.05) is 10.7 Å². The van der Waals surface area contributed by atoms with Crippen LogP contribution in [0.25, 0.3) is 0 Å². The van der Waals surface area contributed by atoms with E-state index in [1.165, 1.54) is 16.5 Å². The van der Waals surface area contributed by atoms with Gasteiger partial charge in [-0.2, -0.15) is 0 Å². The van der Waals surface area contributed by atoms with Crippen LogP contribution in [0.1, 0.15) is 16.7 Å². The molecule has 1 heterocycles. The molecule has 0 aromatic heterocycles. The van der Waals surface area contributed by atoms with E-state index in [2.05, 4.69) is 58.9 Å². The third-order valence-corrected chi connectivity index (χ3v) is 6.58. The van der Waals surface area contributed by atoms with E-state index in [9.17, 15) is 8.42 Å². The van der Waals surface area contributed by atoms with Crippen molar-refractivity contribution < 1.29 is 8.42 Å². The van der Waals surface area contributed by atoms with E-state index in [-0.39, 0.29) is 11.8 Å². The summed E-state index contributed by atoms with van der Waals surface area (Å²) in [5, 5.41) is 1.34. The second kappa shape index (κ2) is 6.73. The molecule has 0 unspecified atom stereocenters. The molecule has 0 saturated carbocycles. The third kappa shape index (κ3) is 3.73. The fourth-order valence-electron chi connectivity index (χ4n) is 2.87. The van der Waals surface area contributed by atoms with Gasteiger partial charge in [-0.15, -0.1) is 0 Å². The molecule has 0 N–H and O–H groups in total. The molecule has 0 saturated heterocycles. The first-order chi connectivity index (χ1) is 11.4. The van der Waals surface area contributed by atoms with Gasteiger partial charge in [-0.1, -0.05) is 40.2 Å². The van der Waals surface area contributed by atoms with Gasteiger partial charge < -0.3 is 4.90 Å². The first kappa shape index (κ1) is 17.2. The van der Waals surface area contributed by atoms with Crippen LogP contribution in [0.15, 0.2) is 58.4 Å². The van der Waals surface area contributed by atoms with Gasteiger partial charge in [-0.25, -0.2) is 8.42 Å². The lowest BCUT2D eigenvalue weighted by Gasteiger charge is -2.30. The van der Waals surface area contributed by atoms with E-state index in [1.807, 2.05) is 18.2 Å². The van der Waals surface area contributed by atoms with E-state index < -0.39 is 9.84 Å². The summed E-state index contributed by atoms with van der Waals surface area (Å²) < 4.78 is 24.8. The fraction of sp³-hybridized carbons (Fsp3) is 0.263. The minimum absolute atomic E-state index is 0.129. The van der Waals surface area contributed by atoms with Crippen molar-refractivity contribution in [3.05, 3.63) is 75.1 Å². The lowest BCUT2D eigenvalue weighted by atomic mass is 10.1. The maximum absolute atomic E-state index is 11.9. The van der Waals surface area contributed by atoms with E-state index in [0.29, 0.717) is 6.54 Å². The van der Waals surface area contributed by atoms with Gasteiger partial charge in [0.15, 0.2) is 9.84 Å². The Labute approximate surface area is 152 Å². The normalized spacial score (nSPS) is 18.7. The third-order valence-electron chi connectivity index (χ3n) is 4.43. The maximum atomic E-state index is 11.9. The number of hydrogen-bond acceptors (Lipinski definition) is 3. The number of halogens is 1. The molecule has 3 nitrogen and oxygen atoms in total. The topological polar surface area (TPSA) is 37.4 Å². The van der Waals surface area contributed by atoms with Crippen LogP contribution in [0.5, 0.6) is 0 Å². The first-order valence-corrected chi connectivity index (χ1v) is 10.3. The summed E-state index contributed by atoms with van der Waals surface area (Å²) in [6.45, 7) is 4.81. The van der Waals surface area contributed by atoms with E-state index >= 15 is 0 Å². The smallest absolute Gasteiger partial charge is 0.173 e. The molecule has 5 heteroatoms. The molecule has 0 amide bonds. The molecule has 126 valence electrons. The summed E-state index contributed by atoms with van der Waals surface area (Å²) in [4.78, 5) is 2.16. The molecule has 0 spiro atoms. The summed E-state index contributed by atoms with van der Waals surface area (Å²) in [6.07, 6.45) is 1.79. The molecular formula is C19H20BrNO2S. The first-order valence-electron chi connectivity index (χ1n) is 7.84. The molecule has 2 aromatic carbocycles. The van der Waals surface area contributed by atoms with E-state index in [0.717, 1.165) is 15.7 Å². The second-order valence-corrected chi connectivity index (χ2v) is 9.00. The summed E-state index contributed by atoms with van der Waals surface area (Å²) in [5.74, 6) is 0.129. The van der Waals surface area contributed by atoms with Crippen molar-refractivity contribution in [1.82, 2.24) is 0 Å². The summed E-state index contributed by atoms with van der Waals surface area (Å²) in [5.41, 5.74) is 4.61. The fourth-order valence-corrected chi connectivity index (χ4v) is 4.58. The highest BCUT2D eigenvalue weighted by Gasteiger charge is 2.28. The van der Waals surface area contributed by atoms with Crippen LogP contribution in [0, 0.1) is 13.8 Å². The molecule has 0 fully saturated rings. The van der Waals surface area contributed by atoms with Crippen molar-refractivity contribution in [1.29, 1.82) is 0 Å². The maximum Gasteiger partial charge on any atom is 0.173 e. The van der Waals surface area contributed by atoms with Crippen LogP contribution in [0.3, 0.4) is 0 Å². The van der Waals surface area contributed by atoms with Crippen LogP contribution >= 0.6 is 15.9 Å². The molecule has 0 bridgehead atoms. The molecule has 3 rings (SSSR count). The molecule has 24 heavy (non-hydrogen) atoms. The molecule has 1 atom stereocenters. The Kier molecular flexibility index (Phi) is 4.83. The Balaban J connectivity index is 1.99. The molecule has 0 aliphatic carbocycles. The van der Waals surface area contributed by atoms with Crippen LogP contribution in [-0.2, 0) is 16.4 Å². The zero-order chi connectivity index (χ0) is 17.3. The highest BCUT2D eigenvalue weighted by molar-refractivity contribution is 9.10. The minimum atomic E-state index is -3.10. The Bertz CT molecular complexity index is 890. The zero-order valence-corrected chi connectivity index (χ0v) is 16.1. The molecule has 2 aromatic rings. The number of anilines is 1. The lowest BCUT2D eigenvalue weighted by Crippen LogP contribution is -2.35. The highest BCUT2D eigenvalue weighted by atomic mass is 79.9. The van der Waals surface area contributed by atoms with Gasteiger partial charge >= 0.3 is 0 Å². The van der Waals surface area contributed by atoms with Crippen molar-refractivity contribution in [2.24, 2.45) is 0 Å². The predicted molar refractivity (Wildman–Crippen MR) is 103 cm³/mol. The number of rotatable bonds is 4. The number of benzene rings is 2. The molecule has 1 aliphatic heterocycles. The highest BCUT2D eigenvalue weighted by Crippen LogP contribution is 2.28. The van der Waals surface area contributed by atoms with Crippen LogP contribution in [-0.4, -0.2) is 20.2 Å². The summed E-state index contributed by atoms with van der Waals surface area (Å²) >= 11 is 3.59. The van der Waals surface area contributed by atoms with Gasteiger partial charge in [0.05, 0.1) is 11.8 Å². The number of hydrogen-bond donors (Lipinski definition) is 0. The minimum Gasteiger partial charge on any atom is -0.360 e.